The van der Waals surface area contributed by atoms with Crippen LogP contribution < -0.4 is 0 Å². The first kappa shape index (κ1) is 13.6. The number of carbonyl (C=O) groups is 2. The van der Waals surface area contributed by atoms with Crippen LogP contribution in [0, 0.1) is 18.8 Å². The highest BCUT2D eigenvalue weighted by Crippen LogP contribution is 2.33. The minimum absolute atomic E-state index is 0.0782. The third-order valence-electron chi connectivity index (χ3n) is 3.90. The summed E-state index contributed by atoms with van der Waals surface area (Å²) in [7, 11) is 1.71. The summed E-state index contributed by atoms with van der Waals surface area (Å²) in [5.41, 5.74) is 0.959. The van der Waals surface area contributed by atoms with Gasteiger partial charge in [-0.25, -0.2) is 0 Å². The van der Waals surface area contributed by atoms with Crippen molar-refractivity contribution in [1.29, 1.82) is 0 Å². The van der Waals surface area contributed by atoms with Gasteiger partial charge in [0.05, 0.1) is 18.1 Å². The Bertz CT molecular complexity index is 480. The molecule has 1 aliphatic rings. The van der Waals surface area contributed by atoms with Crippen LogP contribution in [0.4, 0.5) is 0 Å². The van der Waals surface area contributed by atoms with Crippen LogP contribution in [0.2, 0.25) is 0 Å². The Balaban J connectivity index is 2.03. The van der Waals surface area contributed by atoms with Gasteiger partial charge in [0, 0.05) is 19.2 Å². The molecule has 0 bridgehead atoms. The van der Waals surface area contributed by atoms with Gasteiger partial charge in [-0.2, -0.15) is 0 Å². The Kier molecular flexibility index (Phi) is 3.93. The molecule has 19 heavy (non-hydrogen) atoms. The molecule has 0 aliphatic heterocycles. The van der Waals surface area contributed by atoms with Crippen molar-refractivity contribution < 1.29 is 19.1 Å². The topological polar surface area (TPSA) is 70.8 Å². The highest BCUT2D eigenvalue weighted by molar-refractivity contribution is 5.85. The zero-order valence-corrected chi connectivity index (χ0v) is 11.3. The van der Waals surface area contributed by atoms with Gasteiger partial charge < -0.3 is 14.4 Å². The van der Waals surface area contributed by atoms with Gasteiger partial charge in [0.1, 0.15) is 5.76 Å². The number of carbonyl (C=O) groups excluding carboxylic acids is 1. The second-order valence-corrected chi connectivity index (χ2v) is 5.18. The van der Waals surface area contributed by atoms with E-state index in [1.807, 2.05) is 13.0 Å². The molecule has 1 amide bonds. The van der Waals surface area contributed by atoms with E-state index in [1.54, 1.807) is 18.2 Å². The molecule has 0 radical (unpaired) electrons. The molecular formula is C14H19NO4. The lowest BCUT2D eigenvalue weighted by molar-refractivity contribution is -0.148. The van der Waals surface area contributed by atoms with Crippen molar-refractivity contribution in [3.05, 3.63) is 23.7 Å². The second kappa shape index (κ2) is 5.47. The molecular weight excluding hydrogens is 246 g/mol. The number of furan rings is 1. The van der Waals surface area contributed by atoms with E-state index in [1.165, 1.54) is 0 Å². The molecule has 0 aromatic carbocycles. The van der Waals surface area contributed by atoms with E-state index < -0.39 is 11.9 Å². The molecule has 1 saturated carbocycles. The average Bonchev–Trinajstić information content (AvgIpc) is 2.98. The van der Waals surface area contributed by atoms with Crippen molar-refractivity contribution in [3.63, 3.8) is 0 Å². The Morgan fingerprint density at radius 2 is 2.11 bits per heavy atom. The molecule has 5 nitrogen and oxygen atoms in total. The number of rotatable bonds is 4. The number of aryl methyl sites for hydroxylation is 1. The monoisotopic (exact) mass is 265 g/mol. The maximum atomic E-state index is 12.3. The Morgan fingerprint density at radius 1 is 1.42 bits per heavy atom. The minimum Gasteiger partial charge on any atom is -0.481 e. The molecule has 1 heterocycles. The van der Waals surface area contributed by atoms with Gasteiger partial charge in [0.2, 0.25) is 5.91 Å². The van der Waals surface area contributed by atoms with Crippen molar-refractivity contribution in [2.45, 2.75) is 32.7 Å². The van der Waals surface area contributed by atoms with Crippen LogP contribution >= 0.6 is 0 Å². The van der Waals surface area contributed by atoms with Gasteiger partial charge in [-0.05, 0) is 25.8 Å². The largest absolute Gasteiger partial charge is 0.481 e. The number of hydrogen-bond donors (Lipinski definition) is 1. The van der Waals surface area contributed by atoms with Gasteiger partial charge in [-0.3, -0.25) is 9.59 Å². The van der Waals surface area contributed by atoms with Gasteiger partial charge in [-0.15, -0.1) is 0 Å². The predicted molar refractivity (Wildman–Crippen MR) is 68.4 cm³/mol. The van der Waals surface area contributed by atoms with Crippen molar-refractivity contribution >= 4 is 11.9 Å². The molecule has 104 valence electrons. The van der Waals surface area contributed by atoms with Gasteiger partial charge in [0.25, 0.3) is 0 Å². The van der Waals surface area contributed by atoms with E-state index in [-0.39, 0.29) is 11.8 Å². The molecule has 1 N–H and O–H groups in total. The fourth-order valence-electron chi connectivity index (χ4n) is 2.74. The van der Waals surface area contributed by atoms with E-state index in [0.29, 0.717) is 19.4 Å². The number of hydrogen-bond acceptors (Lipinski definition) is 3. The second-order valence-electron chi connectivity index (χ2n) is 5.18. The van der Waals surface area contributed by atoms with E-state index in [0.717, 1.165) is 17.7 Å². The normalized spacial score (nSPS) is 22.4. The van der Waals surface area contributed by atoms with E-state index in [9.17, 15) is 9.59 Å². The fourth-order valence-corrected chi connectivity index (χ4v) is 2.74. The molecule has 5 heteroatoms. The van der Waals surface area contributed by atoms with Crippen LogP contribution in [-0.4, -0.2) is 28.9 Å². The fraction of sp³-hybridized carbons (Fsp3) is 0.571. The SMILES string of the molecule is Cc1occc1CN(C)C(=O)C1CCCC1C(=O)O. The third-order valence-corrected chi connectivity index (χ3v) is 3.90. The van der Waals surface area contributed by atoms with Crippen molar-refractivity contribution in [2.24, 2.45) is 11.8 Å². The standard InChI is InChI=1S/C14H19NO4/c1-9-10(6-7-19-9)8-15(2)13(16)11-4-3-5-12(11)14(17)18/h6-7,11-12H,3-5,8H2,1-2H3,(H,17,18). The average molecular weight is 265 g/mol. The molecule has 2 rings (SSSR count). The highest BCUT2D eigenvalue weighted by Gasteiger charge is 2.39. The number of nitrogens with zero attached hydrogens (tertiary/aromatic N) is 1. The summed E-state index contributed by atoms with van der Waals surface area (Å²) in [4.78, 5) is 25.1. The summed E-state index contributed by atoms with van der Waals surface area (Å²) in [6.07, 6.45) is 3.68. The number of carboxylic acids is 1. The molecule has 2 unspecified atom stereocenters. The maximum absolute atomic E-state index is 12.3. The van der Waals surface area contributed by atoms with Crippen LogP contribution in [-0.2, 0) is 16.1 Å². The van der Waals surface area contributed by atoms with E-state index in [4.69, 9.17) is 9.52 Å². The van der Waals surface area contributed by atoms with Crippen LogP contribution in [0.25, 0.3) is 0 Å². The Labute approximate surface area is 112 Å². The smallest absolute Gasteiger partial charge is 0.307 e. The van der Waals surface area contributed by atoms with Gasteiger partial charge in [0.15, 0.2) is 0 Å². The van der Waals surface area contributed by atoms with Crippen LogP contribution in [0.15, 0.2) is 16.7 Å². The third kappa shape index (κ3) is 2.80. The zero-order chi connectivity index (χ0) is 14.0. The lowest BCUT2D eigenvalue weighted by Gasteiger charge is -2.23. The van der Waals surface area contributed by atoms with Crippen LogP contribution in [0.5, 0.6) is 0 Å². The molecule has 1 aromatic heterocycles. The maximum Gasteiger partial charge on any atom is 0.307 e. The zero-order valence-electron chi connectivity index (χ0n) is 11.3. The number of carboxylic acid groups (broad SMARTS) is 1. The lowest BCUT2D eigenvalue weighted by atomic mass is 9.95. The number of amides is 1. The van der Waals surface area contributed by atoms with E-state index >= 15 is 0 Å². The first-order valence-electron chi connectivity index (χ1n) is 6.51. The summed E-state index contributed by atoms with van der Waals surface area (Å²) < 4.78 is 5.20. The summed E-state index contributed by atoms with van der Waals surface area (Å²) in [5, 5.41) is 9.13. The van der Waals surface area contributed by atoms with Gasteiger partial charge in [-0.1, -0.05) is 6.42 Å². The molecule has 1 fully saturated rings. The summed E-state index contributed by atoms with van der Waals surface area (Å²) in [5.74, 6) is -1.05. The minimum atomic E-state index is -0.858. The first-order chi connectivity index (χ1) is 9.00. The molecule has 1 aliphatic carbocycles. The summed E-state index contributed by atoms with van der Waals surface area (Å²) in [6.45, 7) is 2.31. The van der Waals surface area contributed by atoms with Crippen molar-refractivity contribution in [2.75, 3.05) is 7.05 Å². The molecule has 0 saturated heterocycles. The Hall–Kier alpha value is -1.78. The van der Waals surface area contributed by atoms with Crippen LogP contribution in [0.1, 0.15) is 30.6 Å². The molecule has 0 spiro atoms. The highest BCUT2D eigenvalue weighted by atomic mass is 16.4. The molecule has 1 aromatic rings. The quantitative estimate of drug-likeness (QED) is 0.904. The van der Waals surface area contributed by atoms with Gasteiger partial charge >= 0.3 is 5.97 Å². The Morgan fingerprint density at radius 3 is 2.68 bits per heavy atom. The first-order valence-corrected chi connectivity index (χ1v) is 6.51. The molecule has 2 atom stereocenters. The van der Waals surface area contributed by atoms with Crippen molar-refractivity contribution in [1.82, 2.24) is 4.90 Å². The lowest BCUT2D eigenvalue weighted by Crippen LogP contribution is -2.36. The summed E-state index contributed by atoms with van der Waals surface area (Å²) in [6, 6.07) is 1.84. The van der Waals surface area contributed by atoms with Crippen molar-refractivity contribution in [3.8, 4) is 0 Å². The predicted octanol–water partition coefficient (Wildman–Crippen LogP) is 2.05. The van der Waals surface area contributed by atoms with Crippen LogP contribution in [0.3, 0.4) is 0 Å². The summed E-state index contributed by atoms with van der Waals surface area (Å²) >= 11 is 0. The van der Waals surface area contributed by atoms with E-state index in [2.05, 4.69) is 0 Å². The number of aliphatic carboxylic acids is 1.